The maximum atomic E-state index is 13.3. The second-order valence-corrected chi connectivity index (χ2v) is 4.55. The van der Waals surface area contributed by atoms with Crippen LogP contribution in [0.4, 0.5) is 4.39 Å². The third kappa shape index (κ3) is 3.30. The van der Waals surface area contributed by atoms with Crippen LogP contribution in [0.2, 0.25) is 0 Å². The first-order valence-electron chi connectivity index (χ1n) is 4.35. The van der Waals surface area contributed by atoms with E-state index in [0.29, 0.717) is 0 Å². The van der Waals surface area contributed by atoms with Gasteiger partial charge in [0.2, 0.25) is 0 Å². The Bertz CT molecular complexity index is 399. The van der Waals surface area contributed by atoms with Gasteiger partial charge in [-0.05, 0) is 18.1 Å². The normalized spacial score (nSPS) is 11.9. The van der Waals surface area contributed by atoms with Gasteiger partial charge in [0.25, 0.3) is 0 Å². The van der Waals surface area contributed by atoms with Crippen molar-refractivity contribution in [3.63, 3.8) is 0 Å². The van der Waals surface area contributed by atoms with Gasteiger partial charge in [-0.2, -0.15) is 0 Å². The molecule has 4 nitrogen and oxygen atoms in total. The average Bonchev–Trinajstić information content (AvgIpc) is 1.99. The molecule has 1 rings (SSSR count). The molecule has 0 saturated heterocycles. The van der Waals surface area contributed by atoms with Gasteiger partial charge in [0.15, 0.2) is 0 Å². The van der Waals surface area contributed by atoms with Crippen LogP contribution in [0.25, 0.3) is 0 Å². The van der Waals surface area contributed by atoms with Crippen molar-refractivity contribution in [2.45, 2.75) is 19.8 Å². The Morgan fingerprint density at radius 3 is 2.47 bits per heavy atom. The molecule has 0 bridgehead atoms. The molecule has 0 atom stereocenters. The molecule has 0 heterocycles. The van der Waals surface area contributed by atoms with Gasteiger partial charge in [0.05, 0.1) is 0 Å². The fourth-order valence-corrected chi connectivity index (χ4v) is 1.70. The lowest BCUT2D eigenvalue weighted by Crippen LogP contribution is -1.99. The summed E-state index contributed by atoms with van der Waals surface area (Å²) in [6, 6.07) is 3.89. The minimum atomic E-state index is -4.64. The van der Waals surface area contributed by atoms with E-state index in [0.717, 1.165) is 0 Å². The summed E-state index contributed by atoms with van der Waals surface area (Å²) in [5.41, 5.74) is 0.167. The third-order valence-electron chi connectivity index (χ3n) is 1.81. The Morgan fingerprint density at radius 2 is 2.00 bits per heavy atom. The molecular weight excluding hydrogens is 222 g/mol. The van der Waals surface area contributed by atoms with E-state index in [9.17, 15) is 8.96 Å². The van der Waals surface area contributed by atoms with Gasteiger partial charge in [0, 0.05) is 5.56 Å². The van der Waals surface area contributed by atoms with E-state index >= 15 is 0 Å². The highest BCUT2D eigenvalue weighted by Crippen LogP contribution is 2.41. The predicted octanol–water partition coefficient (Wildman–Crippen LogP) is 2.42. The quantitative estimate of drug-likeness (QED) is 0.788. The van der Waals surface area contributed by atoms with Crippen LogP contribution in [0.5, 0.6) is 5.75 Å². The van der Waals surface area contributed by atoms with Gasteiger partial charge >= 0.3 is 7.82 Å². The topological polar surface area (TPSA) is 66.8 Å². The highest BCUT2D eigenvalue weighted by molar-refractivity contribution is 7.46. The largest absolute Gasteiger partial charge is 0.524 e. The van der Waals surface area contributed by atoms with Crippen molar-refractivity contribution in [2.75, 3.05) is 0 Å². The van der Waals surface area contributed by atoms with E-state index in [1.54, 1.807) is 13.8 Å². The number of hydrogen-bond acceptors (Lipinski definition) is 2. The van der Waals surface area contributed by atoms with Crippen LogP contribution in [0.1, 0.15) is 25.3 Å². The predicted molar refractivity (Wildman–Crippen MR) is 53.2 cm³/mol. The van der Waals surface area contributed by atoms with E-state index in [-0.39, 0.29) is 17.2 Å². The summed E-state index contributed by atoms with van der Waals surface area (Å²) in [5.74, 6) is -0.859. The molecule has 0 aliphatic rings. The highest BCUT2D eigenvalue weighted by atomic mass is 31.2. The number of hydrogen-bond donors (Lipinski definition) is 2. The van der Waals surface area contributed by atoms with Crippen LogP contribution in [0.15, 0.2) is 18.2 Å². The number of rotatable bonds is 3. The summed E-state index contributed by atoms with van der Waals surface area (Å²) < 4.78 is 28.4. The molecule has 0 amide bonds. The van der Waals surface area contributed by atoms with Gasteiger partial charge in [0.1, 0.15) is 11.6 Å². The Hall–Kier alpha value is -0.900. The Labute approximate surface area is 86.9 Å². The Balaban J connectivity index is 3.18. The van der Waals surface area contributed by atoms with E-state index in [1.165, 1.54) is 18.2 Å². The van der Waals surface area contributed by atoms with Gasteiger partial charge < -0.3 is 4.52 Å². The van der Waals surface area contributed by atoms with Gasteiger partial charge in [-0.3, -0.25) is 9.79 Å². The molecule has 0 fully saturated rings. The molecule has 0 aliphatic heterocycles. The molecule has 0 aromatic heterocycles. The van der Waals surface area contributed by atoms with Crippen molar-refractivity contribution in [1.29, 1.82) is 0 Å². The Kier molecular flexibility index (Phi) is 3.50. The maximum absolute atomic E-state index is 13.3. The lowest BCUT2D eigenvalue weighted by molar-refractivity contribution is 0.281. The fourth-order valence-electron chi connectivity index (χ4n) is 1.29. The zero-order valence-corrected chi connectivity index (χ0v) is 9.24. The van der Waals surface area contributed by atoms with E-state index in [4.69, 9.17) is 9.79 Å². The SMILES string of the molecule is CC(C)c1c(F)cccc1OP(=O)(O)O. The van der Waals surface area contributed by atoms with Crippen LogP contribution in [0.3, 0.4) is 0 Å². The zero-order chi connectivity index (χ0) is 11.6. The summed E-state index contributed by atoms with van der Waals surface area (Å²) >= 11 is 0. The minimum absolute atomic E-state index is 0.113. The number of halogens is 1. The number of phosphoric ester groups is 1. The summed E-state index contributed by atoms with van der Waals surface area (Å²) in [7, 11) is -4.64. The molecule has 1 aromatic rings. The zero-order valence-electron chi connectivity index (χ0n) is 8.35. The van der Waals surface area contributed by atoms with Crippen LogP contribution in [-0.2, 0) is 4.57 Å². The minimum Gasteiger partial charge on any atom is -0.404 e. The van der Waals surface area contributed by atoms with Crippen molar-refractivity contribution in [2.24, 2.45) is 0 Å². The molecule has 6 heteroatoms. The molecule has 2 N–H and O–H groups in total. The van der Waals surface area contributed by atoms with Crippen molar-refractivity contribution < 1.29 is 23.3 Å². The highest BCUT2D eigenvalue weighted by Gasteiger charge is 2.21. The third-order valence-corrected chi connectivity index (χ3v) is 2.24. The number of benzene rings is 1. The molecular formula is C9H12FO4P. The average molecular weight is 234 g/mol. The molecule has 0 spiro atoms. The van der Waals surface area contributed by atoms with Crippen LogP contribution >= 0.6 is 7.82 Å². The van der Waals surface area contributed by atoms with Crippen LogP contribution in [-0.4, -0.2) is 9.79 Å². The lowest BCUT2D eigenvalue weighted by atomic mass is 10.0. The molecule has 0 saturated carbocycles. The van der Waals surface area contributed by atoms with Crippen molar-refractivity contribution in [3.05, 3.63) is 29.6 Å². The molecule has 0 radical (unpaired) electrons. The molecule has 1 aromatic carbocycles. The number of phosphoric acid groups is 1. The first-order chi connectivity index (χ1) is 6.81. The summed E-state index contributed by atoms with van der Waals surface area (Å²) in [5, 5.41) is 0. The first kappa shape index (κ1) is 12.2. The fraction of sp³-hybridized carbons (Fsp3) is 0.333. The smallest absolute Gasteiger partial charge is 0.404 e. The first-order valence-corrected chi connectivity index (χ1v) is 5.88. The summed E-state index contributed by atoms with van der Waals surface area (Å²) in [6.07, 6.45) is 0. The molecule has 0 aliphatic carbocycles. The molecule has 0 unspecified atom stereocenters. The Morgan fingerprint density at radius 1 is 1.40 bits per heavy atom. The second-order valence-electron chi connectivity index (χ2n) is 3.39. The van der Waals surface area contributed by atoms with E-state index in [2.05, 4.69) is 4.52 Å². The van der Waals surface area contributed by atoms with Crippen molar-refractivity contribution in [3.8, 4) is 5.75 Å². The molecule has 84 valence electrons. The van der Waals surface area contributed by atoms with Crippen molar-refractivity contribution >= 4 is 7.82 Å². The van der Waals surface area contributed by atoms with Crippen LogP contribution in [0, 0.1) is 5.82 Å². The van der Waals surface area contributed by atoms with Gasteiger partial charge in [-0.25, -0.2) is 8.96 Å². The summed E-state index contributed by atoms with van der Waals surface area (Å²) in [6.45, 7) is 3.43. The van der Waals surface area contributed by atoms with Gasteiger partial charge in [-0.1, -0.05) is 19.9 Å². The summed E-state index contributed by atoms with van der Waals surface area (Å²) in [4.78, 5) is 17.3. The molecule has 15 heavy (non-hydrogen) atoms. The van der Waals surface area contributed by atoms with Crippen LogP contribution < -0.4 is 4.52 Å². The van der Waals surface area contributed by atoms with E-state index < -0.39 is 13.6 Å². The standard InChI is InChI=1S/C9H12FO4P/c1-6(2)9-7(10)4-3-5-8(9)14-15(11,12)13/h3-6H,1-2H3,(H2,11,12,13). The van der Waals surface area contributed by atoms with E-state index in [1.807, 2.05) is 0 Å². The van der Waals surface area contributed by atoms with Gasteiger partial charge in [-0.15, -0.1) is 0 Å². The maximum Gasteiger partial charge on any atom is 0.524 e. The lowest BCUT2D eigenvalue weighted by Gasteiger charge is -2.14. The second kappa shape index (κ2) is 4.31. The van der Waals surface area contributed by atoms with Crippen molar-refractivity contribution in [1.82, 2.24) is 0 Å². The monoisotopic (exact) mass is 234 g/mol.